The van der Waals surface area contributed by atoms with E-state index in [-0.39, 0.29) is 0 Å². The van der Waals surface area contributed by atoms with Crippen LogP contribution in [0.15, 0.2) is 0 Å². The zero-order chi connectivity index (χ0) is 13.0. The van der Waals surface area contributed by atoms with Crippen LogP contribution in [0.4, 0.5) is 0 Å². The first kappa shape index (κ1) is 14.3. The molecule has 0 aromatic rings. The van der Waals surface area contributed by atoms with Crippen LogP contribution in [0.3, 0.4) is 0 Å². The fourth-order valence-electron chi connectivity index (χ4n) is 3.65. The fraction of sp³-hybridized carbons (Fsp3) is 1.00. The number of likely N-dealkylation sites (tertiary alicyclic amines) is 1. The van der Waals surface area contributed by atoms with Crippen molar-refractivity contribution in [2.45, 2.75) is 65.3 Å². The van der Waals surface area contributed by atoms with Crippen molar-refractivity contribution in [3.8, 4) is 0 Å². The van der Waals surface area contributed by atoms with Gasteiger partial charge in [-0.05, 0) is 56.5 Å². The van der Waals surface area contributed by atoms with E-state index >= 15 is 0 Å². The number of piperidine rings is 1. The first-order chi connectivity index (χ1) is 8.56. The Hall–Kier alpha value is -0.0800. The van der Waals surface area contributed by atoms with Gasteiger partial charge in [0.15, 0.2) is 0 Å². The maximum absolute atomic E-state index is 3.63. The van der Waals surface area contributed by atoms with Gasteiger partial charge in [-0.3, -0.25) is 4.90 Å². The van der Waals surface area contributed by atoms with Gasteiger partial charge < -0.3 is 5.32 Å². The lowest BCUT2D eigenvalue weighted by Gasteiger charge is -2.37. The summed E-state index contributed by atoms with van der Waals surface area (Å²) in [5.41, 5.74) is 0.467. The predicted octanol–water partition coefficient (Wildman–Crippen LogP) is 3.28. The summed E-state index contributed by atoms with van der Waals surface area (Å²) in [6.45, 7) is 11.9. The van der Waals surface area contributed by atoms with E-state index in [2.05, 4.69) is 31.0 Å². The summed E-state index contributed by atoms with van der Waals surface area (Å²) >= 11 is 0. The van der Waals surface area contributed by atoms with E-state index in [1.54, 1.807) is 0 Å². The Balaban J connectivity index is 1.61. The Morgan fingerprint density at radius 2 is 1.83 bits per heavy atom. The average Bonchev–Trinajstić information content (AvgIpc) is 2.75. The molecule has 106 valence electrons. The summed E-state index contributed by atoms with van der Waals surface area (Å²) in [7, 11) is 0. The van der Waals surface area contributed by atoms with Crippen molar-refractivity contribution in [2.75, 3.05) is 26.2 Å². The Kier molecular flexibility index (Phi) is 5.08. The van der Waals surface area contributed by atoms with E-state index in [0.29, 0.717) is 5.41 Å². The lowest BCUT2D eigenvalue weighted by atomic mass is 9.92. The van der Waals surface area contributed by atoms with Gasteiger partial charge >= 0.3 is 0 Å². The predicted molar refractivity (Wildman–Crippen MR) is 78.9 cm³/mol. The van der Waals surface area contributed by atoms with Crippen molar-refractivity contribution in [3.63, 3.8) is 0 Å². The van der Waals surface area contributed by atoms with Gasteiger partial charge in [0.1, 0.15) is 0 Å². The molecule has 0 bridgehead atoms. The number of rotatable bonds is 5. The van der Waals surface area contributed by atoms with E-state index in [0.717, 1.165) is 12.0 Å². The van der Waals surface area contributed by atoms with Gasteiger partial charge in [-0.25, -0.2) is 0 Å². The highest BCUT2D eigenvalue weighted by Gasteiger charge is 2.34. The van der Waals surface area contributed by atoms with Gasteiger partial charge in [-0.1, -0.05) is 27.2 Å². The molecule has 0 aromatic heterocycles. The van der Waals surface area contributed by atoms with Crippen molar-refractivity contribution in [1.29, 1.82) is 0 Å². The molecule has 2 unspecified atom stereocenters. The molecule has 1 N–H and O–H groups in total. The fourth-order valence-corrected chi connectivity index (χ4v) is 3.65. The van der Waals surface area contributed by atoms with Gasteiger partial charge in [0.25, 0.3) is 0 Å². The van der Waals surface area contributed by atoms with Crippen LogP contribution in [0.2, 0.25) is 0 Å². The van der Waals surface area contributed by atoms with Crippen molar-refractivity contribution in [1.82, 2.24) is 10.2 Å². The molecule has 2 aliphatic rings. The second-order valence-electron chi connectivity index (χ2n) is 7.50. The van der Waals surface area contributed by atoms with E-state index in [4.69, 9.17) is 0 Å². The van der Waals surface area contributed by atoms with Crippen molar-refractivity contribution < 1.29 is 0 Å². The SMILES string of the molecule is CC(C)(C)CCNCCN1CCCC2CCCC21. The van der Waals surface area contributed by atoms with Gasteiger partial charge in [0, 0.05) is 19.1 Å². The summed E-state index contributed by atoms with van der Waals surface area (Å²) in [6, 6.07) is 0.933. The van der Waals surface area contributed by atoms with E-state index in [1.807, 2.05) is 0 Å². The number of nitrogens with zero attached hydrogens (tertiary/aromatic N) is 1. The van der Waals surface area contributed by atoms with Crippen LogP contribution in [0.25, 0.3) is 0 Å². The van der Waals surface area contributed by atoms with E-state index in [1.165, 1.54) is 64.7 Å². The van der Waals surface area contributed by atoms with Crippen LogP contribution >= 0.6 is 0 Å². The van der Waals surface area contributed by atoms with Crippen LogP contribution in [0.5, 0.6) is 0 Å². The summed E-state index contributed by atoms with van der Waals surface area (Å²) in [4.78, 5) is 2.77. The molecule has 0 amide bonds. The quantitative estimate of drug-likeness (QED) is 0.755. The van der Waals surface area contributed by atoms with Crippen molar-refractivity contribution >= 4 is 0 Å². The Labute approximate surface area is 114 Å². The number of fused-ring (bicyclic) bond motifs is 1. The number of hydrogen-bond acceptors (Lipinski definition) is 2. The Morgan fingerprint density at radius 1 is 1.06 bits per heavy atom. The number of hydrogen-bond donors (Lipinski definition) is 1. The smallest absolute Gasteiger partial charge is 0.0124 e. The third kappa shape index (κ3) is 4.24. The molecule has 18 heavy (non-hydrogen) atoms. The largest absolute Gasteiger partial charge is 0.315 e. The first-order valence-electron chi connectivity index (χ1n) is 8.01. The van der Waals surface area contributed by atoms with Crippen LogP contribution < -0.4 is 5.32 Å². The standard InChI is InChI=1S/C16H32N2/c1-16(2,3)9-10-17-11-13-18-12-5-7-14-6-4-8-15(14)18/h14-15,17H,4-13H2,1-3H3. The van der Waals surface area contributed by atoms with Crippen LogP contribution in [0.1, 0.15) is 59.3 Å². The first-order valence-corrected chi connectivity index (χ1v) is 8.01. The summed E-state index contributed by atoms with van der Waals surface area (Å²) < 4.78 is 0. The maximum atomic E-state index is 3.63. The minimum atomic E-state index is 0.467. The zero-order valence-corrected chi connectivity index (χ0v) is 12.7. The molecule has 2 heteroatoms. The Morgan fingerprint density at radius 3 is 2.61 bits per heavy atom. The third-order valence-electron chi connectivity index (χ3n) is 4.74. The van der Waals surface area contributed by atoms with Gasteiger partial charge in [0.05, 0.1) is 0 Å². The highest BCUT2D eigenvalue weighted by molar-refractivity contribution is 4.89. The van der Waals surface area contributed by atoms with Gasteiger partial charge in [-0.2, -0.15) is 0 Å². The highest BCUT2D eigenvalue weighted by Crippen LogP contribution is 2.36. The molecule has 1 saturated carbocycles. The molecular weight excluding hydrogens is 220 g/mol. The molecule has 2 rings (SSSR count). The molecule has 1 saturated heterocycles. The molecular formula is C16H32N2. The molecule has 0 aromatic carbocycles. The lowest BCUT2D eigenvalue weighted by molar-refractivity contribution is 0.114. The van der Waals surface area contributed by atoms with Gasteiger partial charge in [-0.15, -0.1) is 0 Å². The third-order valence-corrected chi connectivity index (χ3v) is 4.74. The normalized spacial score (nSPS) is 29.5. The molecule has 1 aliphatic heterocycles. The minimum absolute atomic E-state index is 0.467. The van der Waals surface area contributed by atoms with Crippen LogP contribution in [0, 0.1) is 11.3 Å². The van der Waals surface area contributed by atoms with Gasteiger partial charge in [0.2, 0.25) is 0 Å². The zero-order valence-electron chi connectivity index (χ0n) is 12.7. The van der Waals surface area contributed by atoms with Crippen molar-refractivity contribution in [3.05, 3.63) is 0 Å². The molecule has 2 atom stereocenters. The highest BCUT2D eigenvalue weighted by atomic mass is 15.2. The topological polar surface area (TPSA) is 15.3 Å². The summed E-state index contributed by atoms with van der Waals surface area (Å²) in [6.07, 6.45) is 8.65. The monoisotopic (exact) mass is 252 g/mol. The lowest BCUT2D eigenvalue weighted by Crippen LogP contribution is -2.45. The molecule has 1 heterocycles. The van der Waals surface area contributed by atoms with E-state index in [9.17, 15) is 0 Å². The van der Waals surface area contributed by atoms with Crippen molar-refractivity contribution in [2.24, 2.45) is 11.3 Å². The average molecular weight is 252 g/mol. The molecule has 2 fully saturated rings. The number of nitrogens with one attached hydrogen (secondary N) is 1. The molecule has 2 nitrogen and oxygen atoms in total. The molecule has 0 radical (unpaired) electrons. The molecule has 1 aliphatic carbocycles. The summed E-state index contributed by atoms with van der Waals surface area (Å²) in [5.74, 6) is 1.04. The van der Waals surface area contributed by atoms with E-state index < -0.39 is 0 Å². The molecule has 0 spiro atoms. The maximum Gasteiger partial charge on any atom is 0.0124 e. The van der Waals surface area contributed by atoms with Crippen LogP contribution in [-0.4, -0.2) is 37.1 Å². The second kappa shape index (κ2) is 6.38. The minimum Gasteiger partial charge on any atom is -0.315 e. The summed E-state index contributed by atoms with van der Waals surface area (Å²) in [5, 5.41) is 3.63. The van der Waals surface area contributed by atoms with Crippen LogP contribution in [-0.2, 0) is 0 Å². The Bertz CT molecular complexity index is 244. The second-order valence-corrected chi connectivity index (χ2v) is 7.50.